The lowest BCUT2D eigenvalue weighted by molar-refractivity contribution is -0.137. The highest BCUT2D eigenvalue weighted by Crippen LogP contribution is 2.35. The largest absolute Gasteiger partial charge is 0.416 e. The molecule has 1 amide bonds. The van der Waals surface area contributed by atoms with Gasteiger partial charge in [-0.1, -0.05) is 0 Å². The van der Waals surface area contributed by atoms with E-state index in [9.17, 15) is 22.8 Å². The summed E-state index contributed by atoms with van der Waals surface area (Å²) in [5.74, 6) is -1.73. The molecule has 1 aliphatic heterocycles. The van der Waals surface area contributed by atoms with Crippen molar-refractivity contribution >= 4 is 17.4 Å². The predicted octanol–water partition coefficient (Wildman–Crippen LogP) is 2.27. The molecule has 0 aromatic heterocycles. The van der Waals surface area contributed by atoms with E-state index in [-0.39, 0.29) is 24.4 Å². The maximum absolute atomic E-state index is 12.6. The Bertz CT molecular complexity index is 554. The second-order valence-electron chi connectivity index (χ2n) is 4.21. The van der Waals surface area contributed by atoms with E-state index < -0.39 is 23.4 Å². The van der Waals surface area contributed by atoms with Gasteiger partial charge in [-0.25, -0.2) is 0 Å². The van der Waals surface area contributed by atoms with Crippen molar-refractivity contribution in [1.29, 1.82) is 0 Å². The molecule has 0 saturated heterocycles. The normalized spacial score (nSPS) is 14.9. The molecule has 0 aliphatic carbocycles. The number of amides is 1. The van der Waals surface area contributed by atoms with E-state index in [2.05, 4.69) is 0 Å². The Labute approximate surface area is 113 Å². The third kappa shape index (κ3) is 2.53. The number of alkyl halides is 3. The van der Waals surface area contributed by atoms with Crippen LogP contribution in [0.4, 0.5) is 18.9 Å². The van der Waals surface area contributed by atoms with E-state index in [1.165, 1.54) is 0 Å². The molecule has 1 aromatic carbocycles. The Balaban J connectivity index is 2.32. The second-order valence-corrected chi connectivity index (χ2v) is 4.21. The standard InChI is InChI=1S/C13H12F3NO3/c1-2-20-6-5-17-10-4-3-8(13(14,15)16)7-9(10)11(18)12(17)19/h3-4,7H,2,5-6H2,1H3. The number of anilines is 1. The average molecular weight is 287 g/mol. The van der Waals surface area contributed by atoms with Crippen LogP contribution in [0.1, 0.15) is 22.8 Å². The van der Waals surface area contributed by atoms with Gasteiger partial charge in [0.05, 0.1) is 23.4 Å². The summed E-state index contributed by atoms with van der Waals surface area (Å²) in [5, 5.41) is 0. The van der Waals surface area contributed by atoms with Gasteiger partial charge in [-0.2, -0.15) is 13.2 Å². The molecule has 2 rings (SSSR count). The minimum atomic E-state index is -4.54. The quantitative estimate of drug-likeness (QED) is 0.630. The van der Waals surface area contributed by atoms with E-state index in [1.807, 2.05) is 0 Å². The van der Waals surface area contributed by atoms with Crippen LogP contribution < -0.4 is 4.90 Å². The molecular formula is C13H12F3NO3. The first-order chi connectivity index (χ1) is 9.36. The van der Waals surface area contributed by atoms with Crippen LogP contribution in [0.25, 0.3) is 0 Å². The Morgan fingerprint density at radius 2 is 1.95 bits per heavy atom. The number of hydrogen-bond acceptors (Lipinski definition) is 3. The first kappa shape index (κ1) is 14.5. The number of hydrogen-bond donors (Lipinski definition) is 0. The van der Waals surface area contributed by atoms with Gasteiger partial charge in [-0.3, -0.25) is 9.59 Å². The fraction of sp³-hybridized carbons (Fsp3) is 0.385. The van der Waals surface area contributed by atoms with Gasteiger partial charge in [0.1, 0.15) is 0 Å². The summed E-state index contributed by atoms with van der Waals surface area (Å²) in [7, 11) is 0. The zero-order valence-electron chi connectivity index (χ0n) is 10.7. The zero-order chi connectivity index (χ0) is 14.9. The third-order valence-electron chi connectivity index (χ3n) is 2.96. The monoisotopic (exact) mass is 287 g/mol. The number of benzene rings is 1. The molecule has 0 fully saturated rings. The van der Waals surface area contributed by atoms with Crippen LogP contribution in [-0.4, -0.2) is 31.4 Å². The number of nitrogens with zero attached hydrogens (tertiary/aromatic N) is 1. The van der Waals surface area contributed by atoms with Crippen LogP contribution in [0.2, 0.25) is 0 Å². The zero-order valence-corrected chi connectivity index (χ0v) is 10.7. The molecule has 0 atom stereocenters. The summed E-state index contributed by atoms with van der Waals surface area (Å²) in [6.45, 7) is 2.59. The fourth-order valence-corrected chi connectivity index (χ4v) is 2.00. The number of ketones is 1. The number of carbonyl (C=O) groups is 2. The lowest BCUT2D eigenvalue weighted by atomic mass is 10.1. The van der Waals surface area contributed by atoms with Crippen molar-refractivity contribution in [3.8, 4) is 0 Å². The van der Waals surface area contributed by atoms with Crippen molar-refractivity contribution in [3.63, 3.8) is 0 Å². The van der Waals surface area contributed by atoms with E-state index in [1.54, 1.807) is 6.92 Å². The minimum Gasteiger partial charge on any atom is -0.380 e. The van der Waals surface area contributed by atoms with Crippen molar-refractivity contribution in [1.82, 2.24) is 0 Å². The van der Waals surface area contributed by atoms with Gasteiger partial charge in [0.15, 0.2) is 0 Å². The molecule has 1 heterocycles. The number of Topliss-reactive ketones (excluding diaryl/α,β-unsaturated/α-hetero) is 1. The van der Waals surface area contributed by atoms with Gasteiger partial charge in [0, 0.05) is 13.2 Å². The maximum Gasteiger partial charge on any atom is 0.416 e. The van der Waals surface area contributed by atoms with Gasteiger partial charge >= 0.3 is 6.18 Å². The van der Waals surface area contributed by atoms with Crippen molar-refractivity contribution in [2.75, 3.05) is 24.7 Å². The SMILES string of the molecule is CCOCCN1C(=O)C(=O)c2cc(C(F)(F)F)ccc21. The van der Waals surface area contributed by atoms with Gasteiger partial charge in [0.2, 0.25) is 0 Å². The molecule has 108 valence electrons. The molecule has 7 heteroatoms. The first-order valence-electron chi connectivity index (χ1n) is 6.01. The number of carbonyl (C=O) groups excluding carboxylic acids is 2. The second kappa shape index (κ2) is 5.24. The van der Waals surface area contributed by atoms with Crippen molar-refractivity contribution in [2.24, 2.45) is 0 Å². The summed E-state index contributed by atoms with van der Waals surface area (Å²) < 4.78 is 42.9. The molecule has 0 radical (unpaired) electrons. The lowest BCUT2D eigenvalue weighted by Gasteiger charge is -2.16. The van der Waals surface area contributed by atoms with Crippen LogP contribution >= 0.6 is 0 Å². The number of ether oxygens (including phenoxy) is 1. The molecule has 1 aromatic rings. The highest BCUT2D eigenvalue weighted by molar-refractivity contribution is 6.52. The van der Waals surface area contributed by atoms with Crippen molar-refractivity contribution in [2.45, 2.75) is 13.1 Å². The van der Waals surface area contributed by atoms with Gasteiger partial charge in [0.25, 0.3) is 11.7 Å². The topological polar surface area (TPSA) is 46.6 Å². The molecule has 0 bridgehead atoms. The molecule has 0 spiro atoms. The predicted molar refractivity (Wildman–Crippen MR) is 64.6 cm³/mol. The van der Waals surface area contributed by atoms with Crippen LogP contribution in [0.3, 0.4) is 0 Å². The van der Waals surface area contributed by atoms with Crippen LogP contribution in [0, 0.1) is 0 Å². The minimum absolute atomic E-state index is 0.136. The van der Waals surface area contributed by atoms with Gasteiger partial charge in [-0.15, -0.1) is 0 Å². The Hall–Kier alpha value is -1.89. The average Bonchev–Trinajstić information content (AvgIpc) is 2.63. The summed E-state index contributed by atoms with van der Waals surface area (Å²) in [5.41, 5.74) is -0.946. The van der Waals surface area contributed by atoms with E-state index >= 15 is 0 Å². The Morgan fingerprint density at radius 1 is 1.25 bits per heavy atom. The van der Waals surface area contributed by atoms with Gasteiger partial charge in [-0.05, 0) is 25.1 Å². The Morgan fingerprint density at radius 3 is 2.55 bits per heavy atom. The van der Waals surface area contributed by atoms with Gasteiger partial charge < -0.3 is 9.64 Å². The van der Waals surface area contributed by atoms with Crippen molar-refractivity contribution in [3.05, 3.63) is 29.3 Å². The van der Waals surface area contributed by atoms with E-state index in [4.69, 9.17) is 4.74 Å². The molecule has 1 aliphatic rings. The Kier molecular flexibility index (Phi) is 3.80. The van der Waals surface area contributed by atoms with Crippen LogP contribution in [0.15, 0.2) is 18.2 Å². The van der Waals surface area contributed by atoms with Crippen LogP contribution in [-0.2, 0) is 15.7 Å². The first-order valence-corrected chi connectivity index (χ1v) is 6.01. The van der Waals surface area contributed by atoms with E-state index in [0.29, 0.717) is 6.61 Å². The van der Waals surface area contributed by atoms with E-state index in [0.717, 1.165) is 23.1 Å². The molecule has 0 saturated carbocycles. The summed E-state index contributed by atoms with van der Waals surface area (Å²) in [6.07, 6.45) is -4.54. The third-order valence-corrected chi connectivity index (χ3v) is 2.96. The summed E-state index contributed by atoms with van der Waals surface area (Å²) in [4.78, 5) is 24.6. The molecule has 20 heavy (non-hydrogen) atoms. The number of halogens is 3. The highest BCUT2D eigenvalue weighted by atomic mass is 19.4. The highest BCUT2D eigenvalue weighted by Gasteiger charge is 2.39. The molecule has 0 unspecified atom stereocenters. The molecular weight excluding hydrogens is 275 g/mol. The summed E-state index contributed by atoms with van der Waals surface area (Å²) in [6, 6.07) is 2.72. The maximum atomic E-state index is 12.6. The summed E-state index contributed by atoms with van der Waals surface area (Å²) >= 11 is 0. The lowest BCUT2D eigenvalue weighted by Crippen LogP contribution is -2.32. The molecule has 0 N–H and O–H groups in total. The molecule has 4 nitrogen and oxygen atoms in total. The smallest absolute Gasteiger partial charge is 0.380 e. The fourth-order valence-electron chi connectivity index (χ4n) is 2.00. The van der Waals surface area contributed by atoms with Crippen molar-refractivity contribution < 1.29 is 27.5 Å². The van der Waals surface area contributed by atoms with Crippen LogP contribution in [0.5, 0.6) is 0 Å². The number of fused-ring (bicyclic) bond motifs is 1. The number of rotatable bonds is 4.